The van der Waals surface area contributed by atoms with Crippen LogP contribution < -0.4 is 0 Å². The first-order chi connectivity index (χ1) is 12.6. The number of carbonyl (C=O) groups excluding carboxylic acids is 1. The van der Waals surface area contributed by atoms with E-state index in [1.54, 1.807) is 12.1 Å². The quantitative estimate of drug-likeness (QED) is 0.397. The molecule has 0 saturated carbocycles. The van der Waals surface area contributed by atoms with E-state index in [0.717, 1.165) is 35.1 Å². The number of halogens is 1. The predicted octanol–water partition coefficient (Wildman–Crippen LogP) is 5.49. The van der Waals surface area contributed by atoms with Crippen LogP contribution in [0, 0.1) is 0 Å². The normalized spacial score (nSPS) is 10.9. The van der Waals surface area contributed by atoms with Crippen molar-refractivity contribution < 1.29 is 9.21 Å². The molecule has 0 aliphatic rings. The standard InChI is InChI=1S/C20H19ClN2O2S/c1-3-13-8-9-14(4-2)17(10-13)18(24)12-26-20-23-22-19(25-20)15-6-5-7-16(21)11-15/h5-11H,3-4,12H2,1-2H3. The van der Waals surface area contributed by atoms with Gasteiger partial charge in [0.2, 0.25) is 5.89 Å². The van der Waals surface area contributed by atoms with Gasteiger partial charge in [0.15, 0.2) is 5.78 Å². The van der Waals surface area contributed by atoms with Crippen molar-refractivity contribution in [1.82, 2.24) is 10.2 Å². The smallest absolute Gasteiger partial charge is 0.277 e. The molecule has 0 saturated heterocycles. The molecule has 0 N–H and O–H groups in total. The summed E-state index contributed by atoms with van der Waals surface area (Å²) in [7, 11) is 0. The molecule has 0 aliphatic carbocycles. The molecule has 6 heteroatoms. The lowest BCUT2D eigenvalue weighted by Gasteiger charge is -2.08. The Morgan fingerprint density at radius 3 is 2.69 bits per heavy atom. The lowest BCUT2D eigenvalue weighted by Crippen LogP contribution is -2.07. The molecule has 0 spiro atoms. The summed E-state index contributed by atoms with van der Waals surface area (Å²) in [5.74, 6) is 0.728. The zero-order valence-corrected chi connectivity index (χ0v) is 16.2. The SMILES string of the molecule is CCc1ccc(CC)c(C(=O)CSc2nnc(-c3cccc(Cl)c3)o2)c1. The van der Waals surface area contributed by atoms with Crippen LogP contribution in [0.3, 0.4) is 0 Å². The van der Waals surface area contributed by atoms with Gasteiger partial charge in [0, 0.05) is 16.1 Å². The second-order valence-corrected chi connectivity index (χ2v) is 7.16. The van der Waals surface area contributed by atoms with E-state index in [0.29, 0.717) is 16.1 Å². The van der Waals surface area contributed by atoms with Gasteiger partial charge in [0.1, 0.15) is 0 Å². The minimum atomic E-state index is 0.0738. The van der Waals surface area contributed by atoms with Crippen molar-refractivity contribution >= 4 is 29.1 Å². The molecular weight excluding hydrogens is 368 g/mol. The highest BCUT2D eigenvalue weighted by Crippen LogP contribution is 2.26. The van der Waals surface area contributed by atoms with Crippen molar-refractivity contribution in [2.45, 2.75) is 31.9 Å². The molecule has 134 valence electrons. The van der Waals surface area contributed by atoms with Crippen molar-refractivity contribution in [1.29, 1.82) is 0 Å². The second-order valence-electron chi connectivity index (χ2n) is 5.79. The van der Waals surface area contributed by atoms with Crippen LogP contribution in [-0.4, -0.2) is 21.7 Å². The molecule has 0 fully saturated rings. The number of hydrogen-bond donors (Lipinski definition) is 0. The third-order valence-corrected chi connectivity index (χ3v) is 5.12. The number of carbonyl (C=O) groups is 1. The summed E-state index contributed by atoms with van der Waals surface area (Å²) in [6, 6.07) is 13.3. The monoisotopic (exact) mass is 386 g/mol. The molecule has 0 radical (unpaired) electrons. The molecule has 0 unspecified atom stereocenters. The van der Waals surface area contributed by atoms with Crippen molar-refractivity contribution in [3.8, 4) is 11.5 Å². The summed E-state index contributed by atoms with van der Waals surface area (Å²) in [4.78, 5) is 12.7. The van der Waals surface area contributed by atoms with Gasteiger partial charge < -0.3 is 4.42 Å². The predicted molar refractivity (Wildman–Crippen MR) is 105 cm³/mol. The number of Topliss-reactive ketones (excluding diaryl/α,β-unsaturated/α-hetero) is 1. The Labute approximate surface area is 162 Å². The molecule has 2 aromatic carbocycles. The summed E-state index contributed by atoms with van der Waals surface area (Å²) >= 11 is 7.24. The fourth-order valence-corrected chi connectivity index (χ4v) is 3.46. The number of thioether (sulfide) groups is 1. The van der Waals surface area contributed by atoms with Gasteiger partial charge in [0.25, 0.3) is 5.22 Å². The number of aromatic nitrogens is 2. The molecule has 0 atom stereocenters. The Balaban J connectivity index is 1.71. The van der Waals surface area contributed by atoms with Crippen LogP contribution in [0.2, 0.25) is 5.02 Å². The highest BCUT2D eigenvalue weighted by atomic mass is 35.5. The van der Waals surface area contributed by atoms with Crippen LogP contribution in [0.1, 0.15) is 35.3 Å². The Kier molecular flexibility index (Phi) is 6.12. The largest absolute Gasteiger partial charge is 0.411 e. The van der Waals surface area contributed by atoms with Crippen LogP contribution in [0.15, 0.2) is 52.1 Å². The van der Waals surface area contributed by atoms with Crippen molar-refractivity contribution in [3.05, 3.63) is 64.2 Å². The van der Waals surface area contributed by atoms with Gasteiger partial charge in [-0.1, -0.05) is 55.4 Å². The van der Waals surface area contributed by atoms with Crippen LogP contribution in [0.25, 0.3) is 11.5 Å². The number of ketones is 1. The van der Waals surface area contributed by atoms with Gasteiger partial charge in [-0.15, -0.1) is 10.2 Å². The van der Waals surface area contributed by atoms with E-state index in [2.05, 4.69) is 30.1 Å². The highest BCUT2D eigenvalue weighted by molar-refractivity contribution is 7.99. The van der Waals surface area contributed by atoms with Crippen molar-refractivity contribution in [3.63, 3.8) is 0 Å². The van der Waals surface area contributed by atoms with Crippen molar-refractivity contribution in [2.75, 3.05) is 5.75 Å². The molecule has 1 aromatic heterocycles. The molecule has 0 bridgehead atoms. The average Bonchev–Trinajstić information content (AvgIpc) is 3.14. The molecule has 1 heterocycles. The lowest BCUT2D eigenvalue weighted by atomic mass is 9.98. The molecule has 3 aromatic rings. The Hall–Kier alpha value is -2.11. The molecule has 26 heavy (non-hydrogen) atoms. The first-order valence-electron chi connectivity index (χ1n) is 8.48. The third kappa shape index (κ3) is 4.34. The Morgan fingerprint density at radius 2 is 1.96 bits per heavy atom. The summed E-state index contributed by atoms with van der Waals surface area (Å²) in [6.07, 6.45) is 1.74. The summed E-state index contributed by atoms with van der Waals surface area (Å²) in [5, 5.41) is 9.02. The van der Waals surface area contributed by atoms with Crippen LogP contribution in [0.4, 0.5) is 0 Å². The first-order valence-corrected chi connectivity index (χ1v) is 9.84. The lowest BCUT2D eigenvalue weighted by molar-refractivity contribution is 0.102. The highest BCUT2D eigenvalue weighted by Gasteiger charge is 2.15. The fourth-order valence-electron chi connectivity index (χ4n) is 2.62. The maximum absolute atomic E-state index is 12.7. The minimum Gasteiger partial charge on any atom is -0.411 e. The summed E-state index contributed by atoms with van der Waals surface area (Å²) in [6.45, 7) is 4.14. The topological polar surface area (TPSA) is 56.0 Å². The molecule has 4 nitrogen and oxygen atoms in total. The van der Waals surface area contributed by atoms with Crippen molar-refractivity contribution in [2.24, 2.45) is 0 Å². The first kappa shape index (κ1) is 18.7. The number of aryl methyl sites for hydroxylation is 2. The van der Waals surface area contributed by atoms with Gasteiger partial charge >= 0.3 is 0 Å². The molecule has 0 aliphatic heterocycles. The van der Waals surface area contributed by atoms with Crippen LogP contribution in [-0.2, 0) is 12.8 Å². The van der Waals surface area contributed by atoms with Gasteiger partial charge in [0.05, 0.1) is 5.75 Å². The van der Waals surface area contributed by atoms with E-state index in [-0.39, 0.29) is 11.5 Å². The van der Waals surface area contributed by atoms with E-state index in [4.69, 9.17) is 16.0 Å². The third-order valence-electron chi connectivity index (χ3n) is 4.07. The zero-order chi connectivity index (χ0) is 18.5. The summed E-state index contributed by atoms with van der Waals surface area (Å²) in [5.41, 5.74) is 3.77. The minimum absolute atomic E-state index is 0.0738. The number of nitrogens with zero attached hydrogens (tertiary/aromatic N) is 2. The fraction of sp³-hybridized carbons (Fsp3) is 0.250. The van der Waals surface area contributed by atoms with Gasteiger partial charge in [-0.25, -0.2) is 0 Å². The van der Waals surface area contributed by atoms with E-state index < -0.39 is 0 Å². The second kappa shape index (κ2) is 8.52. The zero-order valence-electron chi connectivity index (χ0n) is 14.7. The van der Waals surface area contributed by atoms with E-state index in [1.165, 1.54) is 11.8 Å². The molecular formula is C20H19ClN2O2S. The van der Waals surface area contributed by atoms with Gasteiger partial charge in [-0.3, -0.25) is 4.79 Å². The Bertz CT molecular complexity index is 924. The van der Waals surface area contributed by atoms with E-state index in [9.17, 15) is 4.79 Å². The summed E-state index contributed by atoms with van der Waals surface area (Å²) < 4.78 is 5.64. The number of rotatable bonds is 7. The maximum Gasteiger partial charge on any atom is 0.277 e. The average molecular weight is 387 g/mol. The van der Waals surface area contributed by atoms with Gasteiger partial charge in [-0.2, -0.15) is 0 Å². The van der Waals surface area contributed by atoms with Crippen LogP contribution >= 0.6 is 23.4 Å². The number of hydrogen-bond acceptors (Lipinski definition) is 5. The van der Waals surface area contributed by atoms with Crippen LogP contribution in [0.5, 0.6) is 0 Å². The van der Waals surface area contributed by atoms with E-state index >= 15 is 0 Å². The van der Waals surface area contributed by atoms with Gasteiger partial charge in [-0.05, 0) is 48.2 Å². The number of benzene rings is 2. The Morgan fingerprint density at radius 1 is 1.12 bits per heavy atom. The molecule has 0 amide bonds. The van der Waals surface area contributed by atoms with E-state index in [1.807, 2.05) is 24.3 Å². The molecule has 3 rings (SSSR count). The maximum atomic E-state index is 12.7.